The topological polar surface area (TPSA) is 12.9 Å². The molecule has 0 saturated carbocycles. The van der Waals surface area contributed by atoms with Crippen LogP contribution in [0.4, 0.5) is 0 Å². The lowest BCUT2D eigenvalue weighted by Gasteiger charge is -2.15. The first-order chi connectivity index (χ1) is 8.63. The van der Waals surface area contributed by atoms with Crippen LogP contribution in [-0.2, 0) is 0 Å². The second kappa shape index (κ2) is 5.63. The zero-order chi connectivity index (χ0) is 13.1. The van der Waals surface area contributed by atoms with Crippen LogP contribution in [0.25, 0.3) is 11.3 Å². The maximum atomic E-state index is 4.70. The average molecular weight is 257 g/mol. The van der Waals surface area contributed by atoms with Crippen molar-refractivity contribution in [2.75, 3.05) is 0 Å². The molecular weight excluding hydrogens is 237 g/mol. The number of benzene rings is 1. The van der Waals surface area contributed by atoms with E-state index in [4.69, 9.17) is 4.98 Å². The summed E-state index contributed by atoms with van der Waals surface area (Å²) in [5.41, 5.74) is 4.81. The third-order valence-electron chi connectivity index (χ3n) is 3.51. The monoisotopic (exact) mass is 257 g/mol. The van der Waals surface area contributed by atoms with Crippen LogP contribution in [0.2, 0.25) is 0 Å². The van der Waals surface area contributed by atoms with Gasteiger partial charge in [0.2, 0.25) is 0 Å². The Hall–Kier alpha value is -1.20. The van der Waals surface area contributed by atoms with E-state index in [-0.39, 0.29) is 0 Å². The van der Waals surface area contributed by atoms with E-state index in [2.05, 4.69) is 66.4 Å². The largest absolute Gasteiger partial charge is 0.252 e. The van der Waals surface area contributed by atoms with Crippen LogP contribution in [0.5, 0.6) is 0 Å². The summed E-state index contributed by atoms with van der Waals surface area (Å²) < 4.78 is 0. The normalized spacial score (nSPS) is 12.4. The van der Waals surface area contributed by atoms with Gasteiger partial charge in [-0.15, -0.1) is 9.24 Å². The first-order valence-corrected chi connectivity index (χ1v) is 7.03. The zero-order valence-electron chi connectivity index (χ0n) is 11.3. The van der Waals surface area contributed by atoms with Crippen molar-refractivity contribution in [3.63, 3.8) is 0 Å². The number of aromatic nitrogens is 1. The first kappa shape index (κ1) is 13.2. The van der Waals surface area contributed by atoms with Crippen molar-refractivity contribution in [1.29, 1.82) is 0 Å². The van der Waals surface area contributed by atoms with Crippen LogP contribution in [0, 0.1) is 6.92 Å². The number of nitrogens with zero attached hydrogens (tertiary/aromatic N) is 1. The SMILES string of the molecule is CCC(C)c1ccccc1-c1ccc(P)c(C)n1. The molecule has 0 bridgehead atoms. The van der Waals surface area contributed by atoms with Gasteiger partial charge in [-0.1, -0.05) is 44.2 Å². The smallest absolute Gasteiger partial charge is 0.0708 e. The zero-order valence-corrected chi connectivity index (χ0v) is 12.4. The molecule has 0 N–H and O–H groups in total. The summed E-state index contributed by atoms with van der Waals surface area (Å²) >= 11 is 0. The number of rotatable bonds is 3. The molecule has 1 aromatic carbocycles. The van der Waals surface area contributed by atoms with Gasteiger partial charge in [0.05, 0.1) is 5.69 Å². The van der Waals surface area contributed by atoms with Crippen molar-refractivity contribution in [2.24, 2.45) is 0 Å². The van der Waals surface area contributed by atoms with Gasteiger partial charge in [-0.3, -0.25) is 4.98 Å². The van der Waals surface area contributed by atoms with Crippen molar-refractivity contribution >= 4 is 14.5 Å². The number of hydrogen-bond acceptors (Lipinski definition) is 1. The minimum Gasteiger partial charge on any atom is -0.252 e. The van der Waals surface area contributed by atoms with Crippen LogP contribution in [0.15, 0.2) is 36.4 Å². The summed E-state index contributed by atoms with van der Waals surface area (Å²) in [5, 5.41) is 1.17. The van der Waals surface area contributed by atoms with E-state index < -0.39 is 0 Å². The standard InChI is InChI=1S/C16H20NP/c1-4-11(2)13-7-5-6-8-14(13)15-9-10-16(18)12(3)17-15/h5-11H,4,18H2,1-3H3. The highest BCUT2D eigenvalue weighted by Crippen LogP contribution is 2.29. The molecule has 1 aromatic heterocycles. The Kier molecular flexibility index (Phi) is 4.14. The van der Waals surface area contributed by atoms with Gasteiger partial charge in [-0.05, 0) is 36.2 Å². The van der Waals surface area contributed by atoms with Gasteiger partial charge in [0, 0.05) is 11.3 Å². The quantitative estimate of drug-likeness (QED) is 0.755. The third-order valence-corrected chi connectivity index (χ3v) is 4.12. The van der Waals surface area contributed by atoms with Gasteiger partial charge in [0.15, 0.2) is 0 Å². The fraction of sp³-hybridized carbons (Fsp3) is 0.312. The molecule has 2 heteroatoms. The molecule has 1 nitrogen and oxygen atoms in total. The van der Waals surface area contributed by atoms with Gasteiger partial charge < -0.3 is 0 Å². The second-order valence-corrected chi connectivity index (χ2v) is 5.39. The van der Waals surface area contributed by atoms with Crippen LogP contribution >= 0.6 is 9.24 Å². The Labute approximate surface area is 112 Å². The van der Waals surface area contributed by atoms with Crippen molar-refractivity contribution in [1.82, 2.24) is 4.98 Å². The molecule has 2 unspecified atom stereocenters. The van der Waals surface area contributed by atoms with Crippen LogP contribution in [0.1, 0.15) is 37.4 Å². The maximum Gasteiger partial charge on any atom is 0.0708 e. The Balaban J connectivity index is 2.53. The van der Waals surface area contributed by atoms with E-state index in [1.165, 1.54) is 16.4 Å². The molecule has 2 aromatic rings. The lowest BCUT2D eigenvalue weighted by Crippen LogP contribution is -2.02. The van der Waals surface area contributed by atoms with E-state index in [0.29, 0.717) is 5.92 Å². The Morgan fingerprint density at radius 1 is 1.17 bits per heavy atom. The van der Waals surface area contributed by atoms with Crippen molar-refractivity contribution in [3.8, 4) is 11.3 Å². The summed E-state index contributed by atoms with van der Waals surface area (Å²) in [6.45, 7) is 6.55. The molecule has 0 fully saturated rings. The van der Waals surface area contributed by atoms with E-state index >= 15 is 0 Å². The maximum absolute atomic E-state index is 4.70. The highest BCUT2D eigenvalue weighted by atomic mass is 31.0. The molecule has 0 radical (unpaired) electrons. The average Bonchev–Trinajstić information content (AvgIpc) is 2.41. The molecule has 2 atom stereocenters. The summed E-state index contributed by atoms with van der Waals surface area (Å²) in [6, 6.07) is 12.8. The molecule has 0 spiro atoms. The Morgan fingerprint density at radius 3 is 2.56 bits per heavy atom. The summed E-state index contributed by atoms with van der Waals surface area (Å²) in [4.78, 5) is 4.70. The molecule has 0 aliphatic rings. The lowest BCUT2D eigenvalue weighted by atomic mass is 9.92. The summed E-state index contributed by atoms with van der Waals surface area (Å²) in [7, 11) is 2.72. The number of aryl methyl sites for hydroxylation is 1. The van der Waals surface area contributed by atoms with Crippen LogP contribution in [-0.4, -0.2) is 4.98 Å². The summed E-state index contributed by atoms with van der Waals surface area (Å²) in [6.07, 6.45) is 1.15. The van der Waals surface area contributed by atoms with Crippen molar-refractivity contribution < 1.29 is 0 Å². The van der Waals surface area contributed by atoms with Gasteiger partial charge >= 0.3 is 0 Å². The molecule has 0 saturated heterocycles. The minimum absolute atomic E-state index is 0.569. The predicted molar refractivity (Wildman–Crippen MR) is 82.5 cm³/mol. The minimum atomic E-state index is 0.569. The molecule has 0 aliphatic carbocycles. The second-order valence-electron chi connectivity index (χ2n) is 4.77. The predicted octanol–water partition coefficient (Wildman–Crippen LogP) is 4.07. The third kappa shape index (κ3) is 2.62. The van der Waals surface area contributed by atoms with Gasteiger partial charge in [0.1, 0.15) is 0 Å². The molecule has 2 rings (SSSR count). The fourth-order valence-electron chi connectivity index (χ4n) is 2.10. The number of pyridine rings is 1. The van der Waals surface area contributed by atoms with Gasteiger partial charge in [-0.25, -0.2) is 0 Å². The molecule has 94 valence electrons. The van der Waals surface area contributed by atoms with Crippen molar-refractivity contribution in [2.45, 2.75) is 33.1 Å². The van der Waals surface area contributed by atoms with E-state index in [1.807, 2.05) is 0 Å². The van der Waals surface area contributed by atoms with Gasteiger partial charge in [-0.2, -0.15) is 0 Å². The molecular formula is C16H20NP. The van der Waals surface area contributed by atoms with E-state index in [1.54, 1.807) is 0 Å². The fourth-order valence-corrected chi connectivity index (χ4v) is 2.26. The molecule has 1 heterocycles. The molecule has 18 heavy (non-hydrogen) atoms. The van der Waals surface area contributed by atoms with E-state index in [9.17, 15) is 0 Å². The van der Waals surface area contributed by atoms with Gasteiger partial charge in [0.25, 0.3) is 0 Å². The highest BCUT2D eigenvalue weighted by molar-refractivity contribution is 7.27. The molecule has 0 aliphatic heterocycles. The van der Waals surface area contributed by atoms with Crippen LogP contribution in [0.3, 0.4) is 0 Å². The first-order valence-electron chi connectivity index (χ1n) is 6.46. The van der Waals surface area contributed by atoms with E-state index in [0.717, 1.165) is 17.8 Å². The summed E-state index contributed by atoms with van der Waals surface area (Å²) in [5.74, 6) is 0.569. The lowest BCUT2D eigenvalue weighted by molar-refractivity contribution is 0.735. The van der Waals surface area contributed by atoms with Crippen molar-refractivity contribution in [3.05, 3.63) is 47.7 Å². The van der Waals surface area contributed by atoms with Crippen LogP contribution < -0.4 is 5.30 Å². The Morgan fingerprint density at radius 2 is 1.89 bits per heavy atom. The highest BCUT2D eigenvalue weighted by Gasteiger charge is 2.11. The Bertz CT molecular complexity index is 549. The molecule has 0 amide bonds. The number of hydrogen-bond donors (Lipinski definition) is 0.